The second-order valence-electron chi connectivity index (χ2n) is 4.07. The average molecular weight is 261 g/mol. The summed E-state index contributed by atoms with van der Waals surface area (Å²) in [7, 11) is 0. The van der Waals surface area contributed by atoms with Crippen LogP contribution in [0.2, 0.25) is 0 Å². The number of hydrogen-bond donors (Lipinski definition) is 1. The Kier molecular flexibility index (Phi) is 4.65. The molecule has 0 unspecified atom stereocenters. The summed E-state index contributed by atoms with van der Waals surface area (Å²) in [6.45, 7) is 2.83. The number of hydrogen-bond acceptors (Lipinski definition) is 2. The monoisotopic (exact) mass is 261 g/mol. The molecule has 0 saturated heterocycles. The highest BCUT2D eigenvalue weighted by atomic mass is 32.2. The molecule has 3 heteroatoms. The third-order valence-electron chi connectivity index (χ3n) is 2.55. The molecule has 18 heavy (non-hydrogen) atoms. The third kappa shape index (κ3) is 3.77. The van der Waals surface area contributed by atoms with Gasteiger partial charge in [-0.1, -0.05) is 29.8 Å². The number of thioether (sulfide) groups is 1. The first kappa shape index (κ1) is 13.0. The summed E-state index contributed by atoms with van der Waals surface area (Å²) < 4.78 is 13.3. The van der Waals surface area contributed by atoms with E-state index in [1.54, 1.807) is 23.9 Å². The molecule has 0 aliphatic heterocycles. The highest BCUT2D eigenvalue weighted by Gasteiger charge is 1.99. The lowest BCUT2D eigenvalue weighted by molar-refractivity contribution is 0.630. The quantitative estimate of drug-likeness (QED) is 0.635. The van der Waals surface area contributed by atoms with Crippen LogP contribution in [0.4, 0.5) is 10.1 Å². The van der Waals surface area contributed by atoms with Gasteiger partial charge in [0.15, 0.2) is 0 Å². The molecule has 0 aliphatic carbocycles. The summed E-state index contributed by atoms with van der Waals surface area (Å²) in [6.07, 6.45) is 0. The van der Waals surface area contributed by atoms with E-state index in [0.717, 1.165) is 12.3 Å². The van der Waals surface area contributed by atoms with Gasteiger partial charge in [0.1, 0.15) is 5.82 Å². The lowest BCUT2D eigenvalue weighted by Crippen LogP contribution is -2.05. The molecule has 2 aromatic carbocycles. The van der Waals surface area contributed by atoms with E-state index in [4.69, 9.17) is 0 Å². The van der Waals surface area contributed by atoms with Crippen LogP contribution in [0.25, 0.3) is 0 Å². The second-order valence-corrected chi connectivity index (χ2v) is 5.24. The van der Waals surface area contributed by atoms with E-state index in [0.29, 0.717) is 5.69 Å². The van der Waals surface area contributed by atoms with Crippen molar-refractivity contribution in [3.8, 4) is 0 Å². The fourth-order valence-electron chi connectivity index (χ4n) is 1.66. The number of para-hydroxylation sites is 1. The molecule has 2 aromatic rings. The van der Waals surface area contributed by atoms with Crippen molar-refractivity contribution in [2.75, 3.05) is 17.6 Å². The van der Waals surface area contributed by atoms with Crippen molar-refractivity contribution in [1.82, 2.24) is 0 Å². The highest BCUT2D eigenvalue weighted by Crippen LogP contribution is 2.19. The van der Waals surface area contributed by atoms with E-state index in [2.05, 4.69) is 36.5 Å². The van der Waals surface area contributed by atoms with Gasteiger partial charge in [0.2, 0.25) is 0 Å². The van der Waals surface area contributed by atoms with Gasteiger partial charge in [0.25, 0.3) is 0 Å². The van der Waals surface area contributed by atoms with Crippen LogP contribution in [0.3, 0.4) is 0 Å². The van der Waals surface area contributed by atoms with Gasteiger partial charge < -0.3 is 5.32 Å². The van der Waals surface area contributed by atoms with Crippen LogP contribution in [-0.2, 0) is 0 Å². The van der Waals surface area contributed by atoms with Gasteiger partial charge in [0.05, 0.1) is 5.69 Å². The Labute approximate surface area is 111 Å². The van der Waals surface area contributed by atoms with Crippen molar-refractivity contribution >= 4 is 17.4 Å². The lowest BCUT2D eigenvalue weighted by atomic mass is 10.2. The molecule has 0 fully saturated rings. The van der Waals surface area contributed by atoms with Crippen LogP contribution in [0.5, 0.6) is 0 Å². The van der Waals surface area contributed by atoms with Crippen LogP contribution in [0, 0.1) is 12.7 Å². The van der Waals surface area contributed by atoms with Crippen LogP contribution >= 0.6 is 11.8 Å². The number of nitrogens with one attached hydrogen (secondary N) is 1. The predicted molar refractivity (Wildman–Crippen MR) is 76.8 cm³/mol. The molecule has 0 amide bonds. The number of aryl methyl sites for hydroxylation is 1. The van der Waals surface area contributed by atoms with E-state index >= 15 is 0 Å². The van der Waals surface area contributed by atoms with Gasteiger partial charge in [-0.15, -0.1) is 11.8 Å². The van der Waals surface area contributed by atoms with Gasteiger partial charge in [-0.05, 0) is 31.2 Å². The molecule has 94 valence electrons. The molecule has 1 N–H and O–H groups in total. The molecule has 0 saturated carbocycles. The zero-order chi connectivity index (χ0) is 12.8. The van der Waals surface area contributed by atoms with Crippen molar-refractivity contribution in [1.29, 1.82) is 0 Å². The largest absolute Gasteiger partial charge is 0.382 e. The summed E-state index contributed by atoms with van der Waals surface area (Å²) in [5, 5.41) is 3.10. The highest BCUT2D eigenvalue weighted by molar-refractivity contribution is 7.99. The molecule has 0 bridgehead atoms. The lowest BCUT2D eigenvalue weighted by Gasteiger charge is -2.07. The van der Waals surface area contributed by atoms with Crippen molar-refractivity contribution < 1.29 is 4.39 Å². The molecular weight excluding hydrogens is 245 g/mol. The molecule has 0 atom stereocenters. The normalized spacial score (nSPS) is 10.3. The first-order valence-corrected chi connectivity index (χ1v) is 6.92. The van der Waals surface area contributed by atoms with Gasteiger partial charge in [-0.3, -0.25) is 0 Å². The SMILES string of the molecule is Cc1cccc(SCCNc2ccccc2F)c1. The molecule has 0 radical (unpaired) electrons. The van der Waals surface area contributed by atoms with E-state index < -0.39 is 0 Å². The minimum Gasteiger partial charge on any atom is -0.382 e. The zero-order valence-corrected chi connectivity index (χ0v) is 11.1. The third-order valence-corrected chi connectivity index (χ3v) is 3.55. The van der Waals surface area contributed by atoms with E-state index in [1.807, 2.05) is 6.07 Å². The molecule has 0 heterocycles. The summed E-state index contributed by atoms with van der Waals surface area (Å²) in [4.78, 5) is 1.25. The smallest absolute Gasteiger partial charge is 0.146 e. The summed E-state index contributed by atoms with van der Waals surface area (Å²) in [5.41, 5.74) is 1.84. The topological polar surface area (TPSA) is 12.0 Å². The Balaban J connectivity index is 1.78. The predicted octanol–water partition coefficient (Wildman–Crippen LogP) is 4.34. The van der Waals surface area contributed by atoms with E-state index in [9.17, 15) is 4.39 Å². The van der Waals surface area contributed by atoms with Crippen molar-refractivity contribution in [3.63, 3.8) is 0 Å². The summed E-state index contributed by atoms with van der Waals surface area (Å²) in [5.74, 6) is 0.718. The first-order chi connectivity index (χ1) is 8.75. The van der Waals surface area contributed by atoms with Crippen LogP contribution in [0.15, 0.2) is 53.4 Å². The fourth-order valence-corrected chi connectivity index (χ4v) is 2.55. The maximum absolute atomic E-state index is 13.3. The molecule has 0 spiro atoms. The van der Waals surface area contributed by atoms with Crippen LogP contribution in [-0.4, -0.2) is 12.3 Å². The Morgan fingerprint density at radius 1 is 1.11 bits per heavy atom. The maximum Gasteiger partial charge on any atom is 0.146 e. The maximum atomic E-state index is 13.3. The molecular formula is C15H16FNS. The van der Waals surface area contributed by atoms with Crippen LogP contribution in [0.1, 0.15) is 5.56 Å². The molecule has 0 aliphatic rings. The standard InChI is InChI=1S/C15H16FNS/c1-12-5-4-6-13(11-12)18-10-9-17-15-8-3-2-7-14(15)16/h2-8,11,17H,9-10H2,1H3. The van der Waals surface area contributed by atoms with Crippen molar-refractivity contribution in [2.45, 2.75) is 11.8 Å². The van der Waals surface area contributed by atoms with Crippen LogP contribution < -0.4 is 5.32 Å². The minimum atomic E-state index is -0.196. The molecule has 2 rings (SSSR count). The summed E-state index contributed by atoms with van der Waals surface area (Å²) in [6, 6.07) is 15.2. The second kappa shape index (κ2) is 6.45. The minimum absolute atomic E-state index is 0.196. The number of halogens is 1. The number of benzene rings is 2. The van der Waals surface area contributed by atoms with E-state index in [1.165, 1.54) is 16.5 Å². The van der Waals surface area contributed by atoms with Gasteiger partial charge >= 0.3 is 0 Å². The summed E-state index contributed by atoms with van der Waals surface area (Å²) >= 11 is 1.77. The zero-order valence-electron chi connectivity index (χ0n) is 10.3. The van der Waals surface area contributed by atoms with Crippen molar-refractivity contribution in [3.05, 3.63) is 59.9 Å². The number of rotatable bonds is 5. The Hall–Kier alpha value is -1.48. The molecule has 0 aromatic heterocycles. The Morgan fingerprint density at radius 2 is 1.94 bits per heavy atom. The number of anilines is 1. The van der Waals surface area contributed by atoms with Gasteiger partial charge in [-0.2, -0.15) is 0 Å². The molecule has 1 nitrogen and oxygen atoms in total. The Bertz CT molecular complexity index is 513. The average Bonchev–Trinajstić information content (AvgIpc) is 2.37. The first-order valence-electron chi connectivity index (χ1n) is 5.93. The van der Waals surface area contributed by atoms with Gasteiger partial charge in [0, 0.05) is 17.2 Å². The van der Waals surface area contributed by atoms with Crippen molar-refractivity contribution in [2.24, 2.45) is 0 Å². The van der Waals surface area contributed by atoms with E-state index in [-0.39, 0.29) is 5.82 Å². The van der Waals surface area contributed by atoms with Gasteiger partial charge in [-0.25, -0.2) is 4.39 Å². The Morgan fingerprint density at radius 3 is 2.72 bits per heavy atom. The fraction of sp³-hybridized carbons (Fsp3) is 0.200.